The van der Waals surface area contributed by atoms with Crippen molar-refractivity contribution in [2.45, 2.75) is 45.9 Å². The Morgan fingerprint density at radius 1 is 1.24 bits per heavy atom. The van der Waals surface area contributed by atoms with E-state index in [1.54, 1.807) is 0 Å². The zero-order chi connectivity index (χ0) is 15.8. The highest BCUT2D eigenvalue weighted by Gasteiger charge is 2.25. The molecule has 0 fully saturated rings. The van der Waals surface area contributed by atoms with Crippen LogP contribution in [0.1, 0.15) is 32.8 Å². The molecule has 0 heterocycles. The number of carboxylic acids is 1. The summed E-state index contributed by atoms with van der Waals surface area (Å²) < 4.78 is 5.42. The molecule has 0 aliphatic carbocycles. The second-order valence-corrected chi connectivity index (χ2v) is 5.05. The van der Waals surface area contributed by atoms with Crippen LogP contribution < -0.4 is 0 Å². The van der Waals surface area contributed by atoms with E-state index in [9.17, 15) is 9.59 Å². The number of ether oxygens (including phenoxy) is 1. The highest BCUT2D eigenvalue weighted by atomic mass is 16.5. The summed E-state index contributed by atoms with van der Waals surface area (Å²) in [6, 6.07) is 8.44. The summed E-state index contributed by atoms with van der Waals surface area (Å²) in [4.78, 5) is 24.8. The van der Waals surface area contributed by atoms with Crippen molar-refractivity contribution in [2.75, 3.05) is 6.61 Å². The van der Waals surface area contributed by atoms with Crippen LogP contribution >= 0.6 is 0 Å². The second kappa shape index (κ2) is 8.42. The highest BCUT2D eigenvalue weighted by molar-refractivity contribution is 5.84. The zero-order valence-corrected chi connectivity index (χ0v) is 12.8. The molecule has 1 rings (SSSR count). The summed E-state index contributed by atoms with van der Waals surface area (Å²) in [5.41, 5.74) is 0.891. The number of hydrogen-bond donors (Lipinski definition) is 1. The Labute approximate surface area is 125 Å². The van der Waals surface area contributed by atoms with Crippen molar-refractivity contribution >= 4 is 11.9 Å². The van der Waals surface area contributed by atoms with Gasteiger partial charge in [0.15, 0.2) is 0 Å². The molecule has 5 heteroatoms. The van der Waals surface area contributed by atoms with Gasteiger partial charge in [-0.3, -0.25) is 4.79 Å². The molecule has 1 aromatic carbocycles. The van der Waals surface area contributed by atoms with E-state index in [0.29, 0.717) is 0 Å². The van der Waals surface area contributed by atoms with Gasteiger partial charge in [0.05, 0.1) is 6.10 Å². The Balaban J connectivity index is 2.77. The molecule has 1 amide bonds. The fourth-order valence-corrected chi connectivity index (χ4v) is 1.77. The molecule has 2 atom stereocenters. The first kappa shape index (κ1) is 17.2. The molecule has 0 saturated heterocycles. The van der Waals surface area contributed by atoms with Crippen molar-refractivity contribution in [2.24, 2.45) is 0 Å². The molecule has 2 unspecified atom stereocenters. The van der Waals surface area contributed by atoms with Crippen LogP contribution in [0.25, 0.3) is 0 Å². The number of aliphatic carboxylic acids is 1. The molecule has 0 radical (unpaired) electrons. The summed E-state index contributed by atoms with van der Waals surface area (Å²) in [5, 5.41) is 9.17. The average Bonchev–Trinajstić information content (AvgIpc) is 2.50. The van der Waals surface area contributed by atoms with Gasteiger partial charge in [-0.2, -0.15) is 0 Å². The van der Waals surface area contributed by atoms with Crippen molar-refractivity contribution in [3.63, 3.8) is 0 Å². The van der Waals surface area contributed by atoms with Crippen LogP contribution in [-0.4, -0.2) is 40.6 Å². The number of hydrogen-bond acceptors (Lipinski definition) is 3. The van der Waals surface area contributed by atoms with E-state index in [1.807, 2.05) is 44.2 Å². The molecule has 21 heavy (non-hydrogen) atoms. The standard InChI is InChI=1S/C16H23NO4/c1-4-12(2)21-11-15(18)17(13(3)16(19)20)10-14-8-6-5-7-9-14/h5-9,12-13H,4,10-11H2,1-3H3,(H,19,20). The first-order valence-corrected chi connectivity index (χ1v) is 7.13. The summed E-state index contributed by atoms with van der Waals surface area (Å²) in [6.07, 6.45) is 0.785. The molecule has 0 bridgehead atoms. The topological polar surface area (TPSA) is 66.8 Å². The monoisotopic (exact) mass is 293 g/mol. The molecule has 116 valence electrons. The van der Waals surface area contributed by atoms with Crippen LogP contribution in [0.2, 0.25) is 0 Å². The lowest BCUT2D eigenvalue weighted by molar-refractivity contribution is -0.152. The van der Waals surface area contributed by atoms with Crippen molar-refractivity contribution in [3.05, 3.63) is 35.9 Å². The Hall–Kier alpha value is -1.88. The van der Waals surface area contributed by atoms with E-state index in [2.05, 4.69) is 0 Å². The van der Waals surface area contributed by atoms with E-state index >= 15 is 0 Å². The van der Waals surface area contributed by atoms with E-state index in [4.69, 9.17) is 9.84 Å². The summed E-state index contributed by atoms with van der Waals surface area (Å²) in [5.74, 6) is -1.34. The molecule has 0 aromatic heterocycles. The van der Waals surface area contributed by atoms with Crippen LogP contribution in [0.4, 0.5) is 0 Å². The van der Waals surface area contributed by atoms with E-state index in [1.165, 1.54) is 11.8 Å². The predicted octanol–water partition coefficient (Wildman–Crippen LogP) is 2.30. The SMILES string of the molecule is CCC(C)OCC(=O)N(Cc1ccccc1)C(C)C(=O)O. The lowest BCUT2D eigenvalue weighted by Gasteiger charge is -2.27. The normalized spacial score (nSPS) is 13.5. The van der Waals surface area contributed by atoms with Gasteiger partial charge in [0, 0.05) is 6.54 Å². The van der Waals surface area contributed by atoms with Crippen molar-refractivity contribution in [3.8, 4) is 0 Å². The summed E-state index contributed by atoms with van der Waals surface area (Å²) in [7, 11) is 0. The minimum atomic E-state index is -1.03. The number of carbonyl (C=O) groups excluding carboxylic acids is 1. The maximum absolute atomic E-state index is 12.3. The van der Waals surface area contributed by atoms with Crippen molar-refractivity contribution in [1.82, 2.24) is 4.90 Å². The Morgan fingerprint density at radius 3 is 2.38 bits per heavy atom. The summed E-state index contributed by atoms with van der Waals surface area (Å²) >= 11 is 0. The van der Waals surface area contributed by atoms with Gasteiger partial charge >= 0.3 is 5.97 Å². The van der Waals surface area contributed by atoms with Crippen molar-refractivity contribution < 1.29 is 19.4 Å². The maximum Gasteiger partial charge on any atom is 0.326 e. The molecule has 0 spiro atoms. The van der Waals surface area contributed by atoms with Crippen LogP contribution in [0.15, 0.2) is 30.3 Å². The lowest BCUT2D eigenvalue weighted by atomic mass is 10.2. The maximum atomic E-state index is 12.3. The molecule has 0 aliphatic rings. The number of amides is 1. The third-order valence-electron chi connectivity index (χ3n) is 3.41. The van der Waals surface area contributed by atoms with Gasteiger partial charge in [0.1, 0.15) is 12.6 Å². The average molecular weight is 293 g/mol. The number of nitrogens with zero attached hydrogens (tertiary/aromatic N) is 1. The zero-order valence-electron chi connectivity index (χ0n) is 12.8. The number of carboxylic acid groups (broad SMARTS) is 1. The largest absolute Gasteiger partial charge is 0.480 e. The van der Waals surface area contributed by atoms with Crippen LogP contribution in [0.3, 0.4) is 0 Å². The molecule has 1 N–H and O–H groups in total. The minimum Gasteiger partial charge on any atom is -0.480 e. The second-order valence-electron chi connectivity index (χ2n) is 5.05. The molecule has 0 saturated carbocycles. The third kappa shape index (κ3) is 5.55. The van der Waals surface area contributed by atoms with Crippen molar-refractivity contribution in [1.29, 1.82) is 0 Å². The molecule has 0 aliphatic heterocycles. The van der Waals surface area contributed by atoms with Gasteiger partial charge in [-0.1, -0.05) is 37.3 Å². The fraction of sp³-hybridized carbons (Fsp3) is 0.500. The third-order valence-corrected chi connectivity index (χ3v) is 3.41. The molecular formula is C16H23NO4. The van der Waals surface area contributed by atoms with Gasteiger partial charge in [-0.05, 0) is 25.8 Å². The van der Waals surface area contributed by atoms with Gasteiger partial charge < -0.3 is 14.7 Å². The molecule has 5 nitrogen and oxygen atoms in total. The molecular weight excluding hydrogens is 270 g/mol. The number of benzene rings is 1. The summed E-state index contributed by atoms with van der Waals surface area (Å²) in [6.45, 7) is 5.52. The number of carbonyl (C=O) groups is 2. The van der Waals surface area contributed by atoms with Gasteiger partial charge in [0.25, 0.3) is 0 Å². The lowest BCUT2D eigenvalue weighted by Crippen LogP contribution is -2.44. The Morgan fingerprint density at radius 2 is 1.86 bits per heavy atom. The van der Waals surface area contributed by atoms with Gasteiger partial charge in [-0.15, -0.1) is 0 Å². The highest BCUT2D eigenvalue weighted by Crippen LogP contribution is 2.10. The van der Waals surface area contributed by atoms with Crippen LogP contribution in [0.5, 0.6) is 0 Å². The smallest absolute Gasteiger partial charge is 0.326 e. The quantitative estimate of drug-likeness (QED) is 0.798. The number of rotatable bonds is 8. The Kier molecular flexibility index (Phi) is 6.88. The van der Waals surface area contributed by atoms with E-state index < -0.39 is 12.0 Å². The molecule has 1 aromatic rings. The predicted molar refractivity (Wildman–Crippen MR) is 79.8 cm³/mol. The minimum absolute atomic E-state index is 0.0207. The van der Waals surface area contributed by atoms with Crippen LogP contribution in [0, 0.1) is 0 Å². The first-order chi connectivity index (χ1) is 9.95. The van der Waals surface area contributed by atoms with E-state index in [-0.39, 0.29) is 25.2 Å². The van der Waals surface area contributed by atoms with Gasteiger partial charge in [0.2, 0.25) is 5.91 Å². The van der Waals surface area contributed by atoms with E-state index in [0.717, 1.165) is 12.0 Å². The fourth-order valence-electron chi connectivity index (χ4n) is 1.77. The van der Waals surface area contributed by atoms with Crippen LogP contribution in [-0.2, 0) is 20.9 Å². The van der Waals surface area contributed by atoms with Gasteiger partial charge in [-0.25, -0.2) is 4.79 Å². The first-order valence-electron chi connectivity index (χ1n) is 7.13. The Bertz CT molecular complexity index is 461.